The number of nitrogens with one attached hydrogen (secondary N) is 1. The van der Waals surface area contributed by atoms with E-state index in [1.165, 1.54) is 12.1 Å². The van der Waals surface area contributed by atoms with E-state index in [0.717, 1.165) is 0 Å². The van der Waals surface area contributed by atoms with Crippen molar-refractivity contribution in [3.05, 3.63) is 34.6 Å². The molecule has 0 fully saturated rings. The van der Waals surface area contributed by atoms with Gasteiger partial charge in [-0.15, -0.1) is 0 Å². The zero-order valence-electron chi connectivity index (χ0n) is 7.76. The van der Waals surface area contributed by atoms with Gasteiger partial charge in [-0.05, 0) is 17.7 Å². The van der Waals surface area contributed by atoms with Crippen LogP contribution in [0.4, 0.5) is 4.39 Å². The Bertz CT molecular complexity index is 309. The molecule has 0 amide bonds. The monoisotopic (exact) mass is 218 g/mol. The molecule has 78 valence electrons. The third-order valence-electron chi connectivity index (χ3n) is 1.88. The van der Waals surface area contributed by atoms with E-state index in [4.69, 9.17) is 22.2 Å². The molecule has 3 N–H and O–H groups in total. The molecular formula is C9H12ClFN2O. The summed E-state index contributed by atoms with van der Waals surface area (Å²) in [7, 11) is 1.55. The highest BCUT2D eigenvalue weighted by molar-refractivity contribution is 6.30. The van der Waals surface area contributed by atoms with Gasteiger partial charge in [0.05, 0.1) is 17.7 Å². The van der Waals surface area contributed by atoms with Gasteiger partial charge in [0.2, 0.25) is 0 Å². The number of nitrogens with two attached hydrogens (primary N) is 1. The quantitative estimate of drug-likeness (QED) is 0.597. The zero-order chi connectivity index (χ0) is 10.6. The van der Waals surface area contributed by atoms with Gasteiger partial charge in [-0.25, -0.2) is 4.39 Å². The zero-order valence-corrected chi connectivity index (χ0v) is 8.51. The van der Waals surface area contributed by atoms with Crippen molar-refractivity contribution in [1.82, 2.24) is 5.43 Å². The minimum Gasteiger partial charge on any atom is -0.383 e. The summed E-state index contributed by atoms with van der Waals surface area (Å²) in [6, 6.07) is 4.30. The number of hydrogen-bond donors (Lipinski definition) is 2. The predicted molar refractivity (Wildman–Crippen MR) is 53.4 cm³/mol. The minimum absolute atomic E-state index is 0.0990. The Balaban J connectivity index is 2.88. The molecule has 1 unspecified atom stereocenters. The lowest BCUT2D eigenvalue weighted by Crippen LogP contribution is -2.31. The maximum atomic E-state index is 13.1. The Morgan fingerprint density at radius 2 is 2.36 bits per heavy atom. The van der Waals surface area contributed by atoms with Gasteiger partial charge >= 0.3 is 0 Å². The first kappa shape index (κ1) is 11.4. The van der Waals surface area contributed by atoms with Gasteiger partial charge in [-0.3, -0.25) is 11.3 Å². The summed E-state index contributed by atoms with van der Waals surface area (Å²) in [6.07, 6.45) is 0. The highest BCUT2D eigenvalue weighted by Gasteiger charge is 2.11. The van der Waals surface area contributed by atoms with Crippen molar-refractivity contribution >= 4 is 11.6 Å². The van der Waals surface area contributed by atoms with Crippen molar-refractivity contribution in [3.63, 3.8) is 0 Å². The number of ether oxygens (including phenoxy) is 1. The molecule has 0 saturated carbocycles. The van der Waals surface area contributed by atoms with Crippen molar-refractivity contribution in [2.75, 3.05) is 13.7 Å². The van der Waals surface area contributed by atoms with E-state index in [-0.39, 0.29) is 11.1 Å². The van der Waals surface area contributed by atoms with Crippen LogP contribution in [-0.4, -0.2) is 13.7 Å². The molecule has 1 atom stereocenters. The van der Waals surface area contributed by atoms with Crippen LogP contribution in [0.3, 0.4) is 0 Å². The smallest absolute Gasteiger partial charge is 0.142 e. The molecule has 1 rings (SSSR count). The molecule has 0 radical (unpaired) electrons. The topological polar surface area (TPSA) is 47.3 Å². The summed E-state index contributed by atoms with van der Waals surface area (Å²) in [5, 5.41) is 0.0990. The first-order valence-electron chi connectivity index (χ1n) is 4.09. The SMILES string of the molecule is COCC(NN)c1ccc(Cl)c(F)c1. The summed E-state index contributed by atoms with van der Waals surface area (Å²) in [5.74, 6) is 4.84. The normalized spacial score (nSPS) is 12.9. The first-order chi connectivity index (χ1) is 6.69. The molecule has 14 heavy (non-hydrogen) atoms. The second-order valence-electron chi connectivity index (χ2n) is 2.85. The van der Waals surface area contributed by atoms with E-state index in [9.17, 15) is 4.39 Å². The lowest BCUT2D eigenvalue weighted by atomic mass is 10.1. The van der Waals surface area contributed by atoms with Crippen molar-refractivity contribution in [2.45, 2.75) is 6.04 Å². The maximum absolute atomic E-state index is 13.1. The Hall–Kier alpha value is -0.680. The highest BCUT2D eigenvalue weighted by atomic mass is 35.5. The van der Waals surface area contributed by atoms with E-state index in [2.05, 4.69) is 5.43 Å². The van der Waals surface area contributed by atoms with Crippen LogP contribution < -0.4 is 11.3 Å². The molecule has 0 bridgehead atoms. The van der Waals surface area contributed by atoms with Crippen LogP contribution in [0.15, 0.2) is 18.2 Å². The van der Waals surface area contributed by atoms with Crippen molar-refractivity contribution in [1.29, 1.82) is 0 Å². The molecule has 0 aliphatic rings. The number of methoxy groups -OCH3 is 1. The molecular weight excluding hydrogens is 207 g/mol. The van der Waals surface area contributed by atoms with Gasteiger partial charge in [0.15, 0.2) is 0 Å². The van der Waals surface area contributed by atoms with E-state index in [0.29, 0.717) is 12.2 Å². The molecule has 0 saturated heterocycles. The third-order valence-corrected chi connectivity index (χ3v) is 2.19. The summed E-state index contributed by atoms with van der Waals surface area (Å²) in [4.78, 5) is 0. The predicted octanol–water partition coefficient (Wildman–Crippen LogP) is 1.63. The van der Waals surface area contributed by atoms with Gasteiger partial charge in [0.1, 0.15) is 5.82 Å². The Morgan fingerprint density at radius 3 is 2.86 bits per heavy atom. The Kier molecular flexibility index (Phi) is 4.28. The van der Waals surface area contributed by atoms with Crippen LogP contribution >= 0.6 is 11.6 Å². The van der Waals surface area contributed by atoms with E-state index in [1.54, 1.807) is 13.2 Å². The lowest BCUT2D eigenvalue weighted by Gasteiger charge is -2.15. The minimum atomic E-state index is -0.458. The number of benzene rings is 1. The molecule has 0 aliphatic carbocycles. The van der Waals surface area contributed by atoms with Gasteiger partial charge in [-0.1, -0.05) is 17.7 Å². The standard InChI is InChI=1S/C9H12ClFN2O/c1-14-5-9(13-12)6-2-3-7(10)8(11)4-6/h2-4,9,13H,5,12H2,1H3. The van der Waals surface area contributed by atoms with Gasteiger partial charge in [0.25, 0.3) is 0 Å². The molecule has 1 aromatic carbocycles. The lowest BCUT2D eigenvalue weighted by molar-refractivity contribution is 0.167. The summed E-state index contributed by atoms with van der Waals surface area (Å²) < 4.78 is 18.0. The molecule has 5 heteroatoms. The summed E-state index contributed by atoms with van der Waals surface area (Å²) >= 11 is 5.55. The first-order valence-corrected chi connectivity index (χ1v) is 4.47. The molecule has 0 heterocycles. The largest absolute Gasteiger partial charge is 0.383 e. The van der Waals surface area contributed by atoms with E-state index >= 15 is 0 Å². The van der Waals surface area contributed by atoms with Crippen LogP contribution in [0.2, 0.25) is 5.02 Å². The van der Waals surface area contributed by atoms with E-state index < -0.39 is 5.82 Å². The molecule has 0 aliphatic heterocycles. The van der Waals surface area contributed by atoms with Crippen LogP contribution in [0, 0.1) is 5.82 Å². The van der Waals surface area contributed by atoms with Crippen LogP contribution in [0.1, 0.15) is 11.6 Å². The number of rotatable bonds is 4. The van der Waals surface area contributed by atoms with Gasteiger partial charge < -0.3 is 4.74 Å². The fourth-order valence-electron chi connectivity index (χ4n) is 1.14. The second kappa shape index (κ2) is 5.26. The molecule has 0 spiro atoms. The van der Waals surface area contributed by atoms with Gasteiger partial charge in [-0.2, -0.15) is 0 Å². The summed E-state index contributed by atoms with van der Waals surface area (Å²) in [5.41, 5.74) is 3.24. The summed E-state index contributed by atoms with van der Waals surface area (Å²) in [6.45, 7) is 0.373. The average molecular weight is 219 g/mol. The van der Waals surface area contributed by atoms with Crippen LogP contribution in [0.25, 0.3) is 0 Å². The van der Waals surface area contributed by atoms with Crippen molar-refractivity contribution in [3.8, 4) is 0 Å². The van der Waals surface area contributed by atoms with Crippen molar-refractivity contribution < 1.29 is 9.13 Å². The number of hydrogen-bond acceptors (Lipinski definition) is 3. The average Bonchev–Trinajstić information content (AvgIpc) is 2.19. The van der Waals surface area contributed by atoms with Crippen molar-refractivity contribution in [2.24, 2.45) is 5.84 Å². The third kappa shape index (κ3) is 2.65. The maximum Gasteiger partial charge on any atom is 0.142 e. The van der Waals surface area contributed by atoms with Crippen LogP contribution in [-0.2, 0) is 4.74 Å². The highest BCUT2D eigenvalue weighted by Crippen LogP contribution is 2.19. The number of halogens is 2. The number of hydrazine groups is 1. The molecule has 1 aromatic rings. The Labute approximate surface area is 87.0 Å². The molecule has 3 nitrogen and oxygen atoms in total. The molecule has 0 aromatic heterocycles. The second-order valence-corrected chi connectivity index (χ2v) is 3.26. The van der Waals surface area contributed by atoms with Gasteiger partial charge in [0, 0.05) is 7.11 Å². The fraction of sp³-hybridized carbons (Fsp3) is 0.333. The fourth-order valence-corrected chi connectivity index (χ4v) is 1.25. The van der Waals surface area contributed by atoms with E-state index in [1.807, 2.05) is 0 Å². The van der Waals surface area contributed by atoms with Crippen LogP contribution in [0.5, 0.6) is 0 Å². The Morgan fingerprint density at radius 1 is 1.64 bits per heavy atom.